The van der Waals surface area contributed by atoms with Gasteiger partial charge in [-0.1, -0.05) is 0 Å². The summed E-state index contributed by atoms with van der Waals surface area (Å²) in [5.74, 6) is -7.44. The van der Waals surface area contributed by atoms with Crippen molar-refractivity contribution >= 4 is 35.2 Å². The molecule has 1 radical (unpaired) electrons. The molecule has 0 aromatic heterocycles. The van der Waals surface area contributed by atoms with E-state index in [1.54, 1.807) is 25.3 Å². The molecule has 4 rings (SSSR count). The van der Waals surface area contributed by atoms with Gasteiger partial charge in [-0.3, -0.25) is 19.3 Å². The van der Waals surface area contributed by atoms with E-state index in [2.05, 4.69) is 0 Å². The largest absolute Gasteiger partial charge is 0.564 e. The molecule has 189 valence electrons. The number of phenols is 1. The summed E-state index contributed by atoms with van der Waals surface area (Å²) in [6.45, 7) is 0. The number of aromatic hydroxyl groups is 1. The van der Waals surface area contributed by atoms with Crippen LogP contribution in [0.5, 0.6) is 5.75 Å². The molecule has 0 bridgehead atoms. The Balaban J connectivity index is 0.00000361. The van der Waals surface area contributed by atoms with Gasteiger partial charge in [0, 0.05) is 69.6 Å². The summed E-state index contributed by atoms with van der Waals surface area (Å²) in [7, 11) is 6.48. The number of fused-ring (bicyclic) bond motifs is 3. The van der Waals surface area contributed by atoms with Crippen molar-refractivity contribution in [1.29, 1.82) is 0 Å². The van der Waals surface area contributed by atoms with Gasteiger partial charge in [0.2, 0.25) is 5.78 Å². The Bertz CT molecular complexity index is 1270. The second kappa shape index (κ2) is 9.37. The summed E-state index contributed by atoms with van der Waals surface area (Å²) >= 11 is 0. The van der Waals surface area contributed by atoms with Crippen LogP contribution in [-0.2, 0) is 58.3 Å². The number of carbonyl (C=O) groups is 3. The first-order valence-corrected chi connectivity index (χ1v) is 10.9. The maximum Gasteiger partial charge on any atom is 0.255 e. The topological polar surface area (TPSA) is 182 Å². The molecule has 0 heterocycles. The van der Waals surface area contributed by atoms with Crippen LogP contribution in [0.15, 0.2) is 23.0 Å². The normalized spacial score (nSPS) is 27.2. The number of hydrogen-bond acceptors (Lipinski definition) is 10. The fourth-order valence-corrected chi connectivity index (χ4v) is 5.77. The Morgan fingerprint density at radius 2 is 1.78 bits per heavy atom. The van der Waals surface area contributed by atoms with Crippen LogP contribution in [0.2, 0.25) is 0 Å². The fraction of sp³-hybridized carbons (Fsp3) is 0.417. The molecule has 1 saturated carbocycles. The predicted octanol–water partition coefficient (Wildman–Crippen LogP) is -0.515. The monoisotopic (exact) mass is 573 g/mol. The third kappa shape index (κ3) is 3.63. The van der Waals surface area contributed by atoms with E-state index in [0.29, 0.717) is 11.3 Å². The molecule has 1 amide bonds. The van der Waals surface area contributed by atoms with Gasteiger partial charge >= 0.3 is 0 Å². The number of anilines is 1. The molecule has 1 aromatic rings. The van der Waals surface area contributed by atoms with Crippen LogP contribution in [0, 0.1) is 11.8 Å². The number of carbonyl (C=O) groups excluding carboxylic acids is 4. The zero-order chi connectivity index (χ0) is 26.1. The Labute approximate surface area is 232 Å². The third-order valence-electron chi connectivity index (χ3n) is 7.29. The molecule has 1 aromatic carbocycles. The maximum absolute atomic E-state index is 13.8. The number of Topliss-reactive ketones (excluding diaryl/α,β-unsaturated/α-hetero) is 2. The molecule has 4 atom stereocenters. The standard InChI is InChI=1S/C24H26N3O8.Y/c1-26(2)13-7-10(8-28)18(29)15-11(13)5-9-6-12-17(27(3)4)20(31)16(23(25)34)22(33)24(12,35)21(32)14(9)19(15)30;/h7,9,12,17,29-30,33,35H,5-6H2,1-4H3,(H2,25,34);/q-1;/t9-,12-,17?,24-;/m0./s1. The molecule has 12 heteroatoms. The number of rotatable bonds is 4. The molecule has 0 spiro atoms. The number of amides is 1. The van der Waals surface area contributed by atoms with E-state index in [9.17, 15) is 39.6 Å². The summed E-state index contributed by atoms with van der Waals surface area (Å²) in [4.78, 5) is 53.4. The summed E-state index contributed by atoms with van der Waals surface area (Å²) in [6.07, 6.45) is 1.73. The van der Waals surface area contributed by atoms with Gasteiger partial charge in [0.15, 0.2) is 11.4 Å². The molecule has 3 aliphatic carbocycles. The van der Waals surface area contributed by atoms with Gasteiger partial charge in [-0.25, -0.2) is 0 Å². The maximum atomic E-state index is 13.8. The van der Waals surface area contributed by atoms with Crippen LogP contribution < -0.4 is 10.6 Å². The van der Waals surface area contributed by atoms with Crippen molar-refractivity contribution in [3.8, 4) is 5.75 Å². The van der Waals surface area contributed by atoms with Crippen LogP contribution in [0.4, 0.5) is 5.69 Å². The van der Waals surface area contributed by atoms with Crippen LogP contribution in [0.3, 0.4) is 0 Å². The number of nitrogens with zero attached hydrogens (tertiary/aromatic N) is 2. The van der Waals surface area contributed by atoms with Gasteiger partial charge in [-0.2, -0.15) is 0 Å². The van der Waals surface area contributed by atoms with E-state index < -0.39 is 63.8 Å². The quantitative estimate of drug-likeness (QED) is 0.232. The number of primary amides is 1. The third-order valence-corrected chi connectivity index (χ3v) is 7.29. The number of phenolic OH excluding ortho intramolecular Hbond substituents is 1. The molecular weight excluding hydrogens is 547 g/mol. The molecule has 3 aliphatic rings. The first kappa shape index (κ1) is 28.0. The van der Waals surface area contributed by atoms with Gasteiger partial charge in [-0.15, -0.1) is 11.6 Å². The molecule has 1 fully saturated rings. The first-order valence-electron chi connectivity index (χ1n) is 10.9. The molecule has 0 saturated heterocycles. The fourth-order valence-electron chi connectivity index (χ4n) is 5.77. The minimum Gasteiger partial charge on any atom is -0.564 e. The average Bonchev–Trinajstić information content (AvgIpc) is 2.75. The van der Waals surface area contributed by atoms with Gasteiger partial charge in [-0.05, 0) is 44.1 Å². The number of ketones is 2. The number of aliphatic hydroxyl groups excluding tert-OH is 2. The number of benzene rings is 1. The van der Waals surface area contributed by atoms with E-state index >= 15 is 0 Å². The second-order valence-corrected chi connectivity index (χ2v) is 9.60. The number of aliphatic hydroxyl groups is 3. The number of nitrogens with two attached hydrogens (primary N) is 1. The molecular formula is C24H26N3O8Y-. The summed E-state index contributed by atoms with van der Waals surface area (Å²) in [5, 5.41) is 44.3. The summed E-state index contributed by atoms with van der Waals surface area (Å²) in [6, 6.07) is 0.266. The summed E-state index contributed by atoms with van der Waals surface area (Å²) < 4.78 is 0. The first-order chi connectivity index (χ1) is 16.3. The van der Waals surface area contributed by atoms with E-state index in [1.165, 1.54) is 25.1 Å². The van der Waals surface area contributed by atoms with Gasteiger partial charge in [0.25, 0.3) is 5.91 Å². The molecule has 0 aliphatic heterocycles. The predicted molar refractivity (Wildman–Crippen MR) is 123 cm³/mol. The number of hydrogen-bond donors (Lipinski definition) is 5. The van der Waals surface area contributed by atoms with Crippen molar-refractivity contribution in [2.24, 2.45) is 17.6 Å². The van der Waals surface area contributed by atoms with Gasteiger partial charge < -0.3 is 35.9 Å². The van der Waals surface area contributed by atoms with Gasteiger partial charge in [0.05, 0.1) is 12.3 Å². The second-order valence-electron chi connectivity index (χ2n) is 9.60. The van der Waals surface area contributed by atoms with E-state index in [0.717, 1.165) is 0 Å². The van der Waals surface area contributed by atoms with Crippen molar-refractivity contribution in [2.45, 2.75) is 24.5 Å². The smallest absolute Gasteiger partial charge is 0.255 e. The van der Waals surface area contributed by atoms with Crippen molar-refractivity contribution in [3.63, 3.8) is 0 Å². The van der Waals surface area contributed by atoms with Crippen molar-refractivity contribution in [1.82, 2.24) is 4.90 Å². The molecule has 6 N–H and O–H groups in total. The van der Waals surface area contributed by atoms with Crippen LogP contribution in [0.1, 0.15) is 23.1 Å². The van der Waals surface area contributed by atoms with Crippen LogP contribution in [0.25, 0.3) is 5.76 Å². The van der Waals surface area contributed by atoms with E-state index in [1.807, 2.05) is 0 Å². The zero-order valence-corrected chi connectivity index (χ0v) is 23.0. The van der Waals surface area contributed by atoms with Crippen molar-refractivity contribution < 1.29 is 72.3 Å². The van der Waals surface area contributed by atoms with Crippen molar-refractivity contribution in [3.05, 3.63) is 39.7 Å². The minimum atomic E-state index is -2.71. The van der Waals surface area contributed by atoms with E-state index in [4.69, 9.17) is 5.73 Å². The number of likely N-dealkylation sites (N-methyl/N-ethyl adjacent to an activating group) is 1. The molecule has 11 nitrogen and oxygen atoms in total. The zero-order valence-electron chi connectivity index (χ0n) is 20.2. The van der Waals surface area contributed by atoms with Gasteiger partial charge in [0.1, 0.15) is 17.1 Å². The summed E-state index contributed by atoms with van der Waals surface area (Å²) in [5.41, 5.74) is 2.05. The Kier molecular flexibility index (Phi) is 7.28. The molecule has 1 unspecified atom stereocenters. The SMILES string of the molecule is CN(C)c1cc([C-]=O)c(O)c2c1C[C@H]1C[C@H]3C(N(C)C)C(=O)C(C(N)=O)=C(O)[C@@]3(O)C(=O)C1=C2O.[Y]. The Morgan fingerprint density at radius 3 is 2.28 bits per heavy atom. The molecule has 36 heavy (non-hydrogen) atoms. The van der Waals surface area contributed by atoms with Crippen molar-refractivity contribution in [2.75, 3.05) is 33.1 Å². The van der Waals surface area contributed by atoms with Crippen LogP contribution >= 0.6 is 0 Å². The Hall–Kier alpha value is -2.60. The van der Waals surface area contributed by atoms with E-state index in [-0.39, 0.29) is 62.3 Å². The minimum absolute atomic E-state index is 0. The Morgan fingerprint density at radius 1 is 1.17 bits per heavy atom. The average molecular weight is 573 g/mol. The van der Waals surface area contributed by atoms with Crippen LogP contribution in [-0.4, -0.2) is 88.9 Å².